The first-order valence-electron chi connectivity index (χ1n) is 9.95. The smallest absolute Gasteiger partial charge is 0.141 e. The largest absolute Gasteiger partial charge is 0.495 e. The van der Waals surface area contributed by atoms with Crippen molar-refractivity contribution >= 4 is 5.69 Å². The molecule has 0 fully saturated rings. The highest BCUT2D eigenvalue weighted by atomic mass is 16.5. The Hall–Kier alpha value is -2.94. The molecule has 3 heteroatoms. The van der Waals surface area contributed by atoms with Crippen LogP contribution in [0.4, 0.5) is 5.69 Å². The molecule has 3 aromatic carbocycles. The number of para-hydroxylation sites is 3. The van der Waals surface area contributed by atoms with Gasteiger partial charge in [0.25, 0.3) is 0 Å². The highest BCUT2D eigenvalue weighted by molar-refractivity contribution is 5.73. The van der Waals surface area contributed by atoms with Crippen LogP contribution in [0.5, 0.6) is 11.5 Å². The van der Waals surface area contributed by atoms with Crippen molar-refractivity contribution in [2.45, 2.75) is 32.7 Å². The Morgan fingerprint density at radius 2 is 1.64 bits per heavy atom. The lowest BCUT2D eigenvalue weighted by Gasteiger charge is -2.23. The first-order valence-corrected chi connectivity index (χ1v) is 9.95. The molecular weight excluding hydrogens is 346 g/mol. The predicted molar refractivity (Wildman–Crippen MR) is 117 cm³/mol. The molecular formula is C25H29NO2. The van der Waals surface area contributed by atoms with Crippen molar-refractivity contribution in [3.8, 4) is 22.6 Å². The minimum absolute atomic E-state index is 0.0663. The molecule has 0 aliphatic rings. The maximum atomic E-state index is 6.31. The Bertz CT molecular complexity index is 877. The number of hydrogen-bond acceptors (Lipinski definition) is 3. The molecule has 0 aromatic heterocycles. The molecule has 0 aliphatic heterocycles. The molecule has 3 aromatic rings. The van der Waals surface area contributed by atoms with Gasteiger partial charge in [-0.2, -0.15) is 0 Å². The van der Waals surface area contributed by atoms with Gasteiger partial charge in [0, 0.05) is 11.1 Å². The SMILES string of the molecule is CCCCOc1c(-c2ccccc2)cccc1C(C)Nc1ccccc1OC. The summed E-state index contributed by atoms with van der Waals surface area (Å²) in [6, 6.07) is 24.9. The quantitative estimate of drug-likeness (QED) is 0.421. The van der Waals surface area contributed by atoms with Crippen LogP contribution in [0.1, 0.15) is 38.3 Å². The van der Waals surface area contributed by atoms with E-state index in [0.717, 1.165) is 41.2 Å². The number of benzene rings is 3. The summed E-state index contributed by atoms with van der Waals surface area (Å²) >= 11 is 0. The third-order valence-corrected chi connectivity index (χ3v) is 4.82. The summed E-state index contributed by atoms with van der Waals surface area (Å²) in [5.74, 6) is 1.79. The predicted octanol–water partition coefficient (Wildman–Crippen LogP) is 6.71. The molecule has 0 bridgehead atoms. The van der Waals surface area contributed by atoms with Gasteiger partial charge in [-0.1, -0.05) is 74.0 Å². The summed E-state index contributed by atoms with van der Waals surface area (Å²) < 4.78 is 11.8. The van der Waals surface area contributed by atoms with Crippen molar-refractivity contribution in [2.24, 2.45) is 0 Å². The van der Waals surface area contributed by atoms with Gasteiger partial charge in [-0.3, -0.25) is 0 Å². The van der Waals surface area contributed by atoms with Crippen LogP contribution < -0.4 is 14.8 Å². The number of methoxy groups -OCH3 is 1. The summed E-state index contributed by atoms with van der Waals surface area (Å²) in [6.45, 7) is 5.05. The fourth-order valence-corrected chi connectivity index (χ4v) is 3.30. The van der Waals surface area contributed by atoms with E-state index in [1.165, 1.54) is 5.56 Å². The minimum Gasteiger partial charge on any atom is -0.495 e. The molecule has 1 N–H and O–H groups in total. The van der Waals surface area contributed by atoms with Crippen LogP contribution in [-0.2, 0) is 0 Å². The Kier molecular flexibility index (Phi) is 6.96. The molecule has 0 saturated carbocycles. The molecule has 3 rings (SSSR count). The van der Waals surface area contributed by atoms with Crippen LogP contribution in [-0.4, -0.2) is 13.7 Å². The highest BCUT2D eigenvalue weighted by Gasteiger charge is 2.17. The zero-order valence-electron chi connectivity index (χ0n) is 16.9. The number of rotatable bonds is 9. The standard InChI is InChI=1S/C25H29NO2/c1-4-5-18-28-25-21(14-11-15-22(25)20-12-7-6-8-13-20)19(2)26-23-16-9-10-17-24(23)27-3/h6-17,19,26H,4-5,18H2,1-3H3. The third-order valence-electron chi connectivity index (χ3n) is 4.82. The van der Waals surface area contributed by atoms with E-state index in [-0.39, 0.29) is 6.04 Å². The van der Waals surface area contributed by atoms with Crippen molar-refractivity contribution in [1.82, 2.24) is 0 Å². The normalized spacial score (nSPS) is 11.7. The number of hydrogen-bond donors (Lipinski definition) is 1. The molecule has 3 nitrogen and oxygen atoms in total. The van der Waals surface area contributed by atoms with Crippen LogP contribution in [0.3, 0.4) is 0 Å². The zero-order valence-corrected chi connectivity index (χ0v) is 16.9. The van der Waals surface area contributed by atoms with E-state index in [2.05, 4.69) is 61.6 Å². The molecule has 0 spiro atoms. The highest BCUT2D eigenvalue weighted by Crippen LogP contribution is 2.38. The van der Waals surface area contributed by atoms with Crippen LogP contribution >= 0.6 is 0 Å². The van der Waals surface area contributed by atoms with Crippen LogP contribution in [0, 0.1) is 0 Å². The molecule has 0 heterocycles. The Labute approximate surface area is 168 Å². The lowest BCUT2D eigenvalue weighted by atomic mass is 9.98. The van der Waals surface area contributed by atoms with Gasteiger partial charge in [0.1, 0.15) is 11.5 Å². The van der Waals surface area contributed by atoms with E-state index in [1.54, 1.807) is 7.11 Å². The molecule has 0 radical (unpaired) electrons. The molecule has 1 unspecified atom stereocenters. The van der Waals surface area contributed by atoms with Gasteiger partial charge < -0.3 is 14.8 Å². The first kappa shape index (κ1) is 19.8. The van der Waals surface area contributed by atoms with Gasteiger partial charge in [0.2, 0.25) is 0 Å². The average molecular weight is 376 g/mol. The van der Waals surface area contributed by atoms with Crippen molar-refractivity contribution < 1.29 is 9.47 Å². The summed E-state index contributed by atoms with van der Waals surface area (Å²) in [5, 5.41) is 3.58. The Morgan fingerprint density at radius 1 is 0.893 bits per heavy atom. The second-order valence-corrected chi connectivity index (χ2v) is 6.86. The second-order valence-electron chi connectivity index (χ2n) is 6.86. The van der Waals surface area contributed by atoms with E-state index in [9.17, 15) is 0 Å². The van der Waals surface area contributed by atoms with Crippen LogP contribution in [0.25, 0.3) is 11.1 Å². The molecule has 0 saturated heterocycles. The Balaban J connectivity index is 1.96. The summed E-state index contributed by atoms with van der Waals surface area (Å²) in [5.41, 5.74) is 4.41. The van der Waals surface area contributed by atoms with Gasteiger partial charge in [-0.15, -0.1) is 0 Å². The molecule has 1 atom stereocenters. The van der Waals surface area contributed by atoms with Gasteiger partial charge in [0.15, 0.2) is 0 Å². The summed E-state index contributed by atoms with van der Waals surface area (Å²) in [4.78, 5) is 0. The van der Waals surface area contributed by atoms with E-state index >= 15 is 0 Å². The van der Waals surface area contributed by atoms with Gasteiger partial charge >= 0.3 is 0 Å². The van der Waals surface area contributed by atoms with Crippen LogP contribution in [0.15, 0.2) is 72.8 Å². The Morgan fingerprint density at radius 3 is 2.39 bits per heavy atom. The maximum absolute atomic E-state index is 6.31. The molecule has 146 valence electrons. The summed E-state index contributed by atoms with van der Waals surface area (Å²) in [7, 11) is 1.69. The number of anilines is 1. The van der Waals surface area contributed by atoms with Crippen molar-refractivity contribution in [3.63, 3.8) is 0 Å². The minimum atomic E-state index is 0.0663. The molecule has 28 heavy (non-hydrogen) atoms. The van der Waals surface area contributed by atoms with Crippen molar-refractivity contribution in [2.75, 3.05) is 19.0 Å². The number of nitrogens with one attached hydrogen (secondary N) is 1. The van der Waals surface area contributed by atoms with E-state index in [1.807, 2.05) is 30.3 Å². The van der Waals surface area contributed by atoms with E-state index in [4.69, 9.17) is 9.47 Å². The lowest BCUT2D eigenvalue weighted by molar-refractivity contribution is 0.306. The van der Waals surface area contributed by atoms with E-state index in [0.29, 0.717) is 6.61 Å². The average Bonchev–Trinajstić information content (AvgIpc) is 2.75. The zero-order chi connectivity index (χ0) is 19.8. The summed E-state index contributed by atoms with van der Waals surface area (Å²) in [6.07, 6.45) is 2.15. The second kappa shape index (κ2) is 9.84. The van der Waals surface area contributed by atoms with Crippen LogP contribution in [0.2, 0.25) is 0 Å². The fraction of sp³-hybridized carbons (Fsp3) is 0.280. The monoisotopic (exact) mass is 375 g/mol. The van der Waals surface area contributed by atoms with Gasteiger partial charge in [-0.25, -0.2) is 0 Å². The van der Waals surface area contributed by atoms with Gasteiger partial charge in [0.05, 0.1) is 25.4 Å². The van der Waals surface area contributed by atoms with Crippen molar-refractivity contribution in [3.05, 3.63) is 78.4 Å². The topological polar surface area (TPSA) is 30.5 Å². The third kappa shape index (κ3) is 4.66. The number of ether oxygens (including phenoxy) is 2. The van der Waals surface area contributed by atoms with Crippen molar-refractivity contribution in [1.29, 1.82) is 0 Å². The van der Waals surface area contributed by atoms with Gasteiger partial charge in [-0.05, 0) is 31.0 Å². The number of unbranched alkanes of at least 4 members (excludes halogenated alkanes) is 1. The first-order chi connectivity index (χ1) is 13.7. The lowest BCUT2D eigenvalue weighted by Crippen LogP contribution is -2.11. The fourth-order valence-electron chi connectivity index (χ4n) is 3.30. The molecule has 0 amide bonds. The van der Waals surface area contributed by atoms with E-state index < -0.39 is 0 Å². The molecule has 0 aliphatic carbocycles. The maximum Gasteiger partial charge on any atom is 0.141 e.